The first-order valence-electron chi connectivity index (χ1n) is 5.65. The van der Waals surface area contributed by atoms with E-state index in [1.54, 1.807) is 7.11 Å². The number of methoxy groups -OCH3 is 1. The van der Waals surface area contributed by atoms with Gasteiger partial charge in [-0.15, -0.1) is 0 Å². The van der Waals surface area contributed by atoms with Gasteiger partial charge in [-0.05, 0) is 19.1 Å². The molecule has 2 rings (SSSR count). The summed E-state index contributed by atoms with van der Waals surface area (Å²) in [7, 11) is 3.48. The lowest BCUT2D eigenvalue weighted by Gasteiger charge is -2.11. The fraction of sp³-hybridized carbons (Fsp3) is 0.231. The lowest BCUT2D eigenvalue weighted by atomic mass is 10.2. The number of nitrogens with one attached hydrogen (secondary N) is 2. The maximum Gasteiger partial charge on any atom is 0.138 e. The molecule has 0 spiro atoms. The molecule has 0 saturated heterocycles. The van der Waals surface area contributed by atoms with E-state index in [1.807, 2.05) is 38.2 Å². The Morgan fingerprint density at radius 2 is 1.94 bits per heavy atom. The highest BCUT2D eigenvalue weighted by molar-refractivity contribution is 5.65. The summed E-state index contributed by atoms with van der Waals surface area (Å²) in [5.41, 5.74) is 1.90. The Bertz CT molecular complexity index is 542. The molecule has 5 nitrogen and oxygen atoms in total. The second-order valence-electron chi connectivity index (χ2n) is 3.80. The number of hydrogen-bond donors (Lipinski definition) is 2. The van der Waals surface area contributed by atoms with Crippen LogP contribution in [0.25, 0.3) is 0 Å². The molecular weight excluding hydrogens is 228 g/mol. The van der Waals surface area contributed by atoms with Crippen LogP contribution in [0.5, 0.6) is 5.75 Å². The lowest BCUT2D eigenvalue weighted by molar-refractivity contribution is 0.415. The van der Waals surface area contributed by atoms with E-state index in [9.17, 15) is 0 Å². The third-order valence-electron chi connectivity index (χ3n) is 2.65. The Hall–Kier alpha value is -2.30. The van der Waals surface area contributed by atoms with E-state index in [2.05, 4.69) is 20.6 Å². The number of nitrogens with zero attached hydrogens (tertiary/aromatic N) is 2. The molecule has 1 heterocycles. The van der Waals surface area contributed by atoms with Crippen molar-refractivity contribution in [2.75, 3.05) is 24.8 Å². The van der Waals surface area contributed by atoms with Crippen molar-refractivity contribution in [3.63, 3.8) is 0 Å². The van der Waals surface area contributed by atoms with Crippen molar-refractivity contribution < 1.29 is 4.74 Å². The second-order valence-corrected chi connectivity index (χ2v) is 3.80. The molecule has 0 aliphatic carbocycles. The molecule has 0 fully saturated rings. The zero-order valence-corrected chi connectivity index (χ0v) is 10.7. The third-order valence-corrected chi connectivity index (χ3v) is 2.65. The van der Waals surface area contributed by atoms with E-state index in [4.69, 9.17) is 4.74 Å². The lowest BCUT2D eigenvalue weighted by Crippen LogP contribution is -2.02. The van der Waals surface area contributed by atoms with Gasteiger partial charge in [0.2, 0.25) is 0 Å². The van der Waals surface area contributed by atoms with Crippen LogP contribution in [0.1, 0.15) is 5.56 Å². The van der Waals surface area contributed by atoms with Gasteiger partial charge in [0.15, 0.2) is 0 Å². The van der Waals surface area contributed by atoms with Gasteiger partial charge in [0.05, 0.1) is 7.11 Å². The van der Waals surface area contributed by atoms with E-state index < -0.39 is 0 Å². The zero-order valence-electron chi connectivity index (χ0n) is 10.7. The summed E-state index contributed by atoms with van der Waals surface area (Å²) in [5.74, 6) is 2.40. The molecule has 0 aliphatic heterocycles. The molecule has 5 heteroatoms. The summed E-state index contributed by atoms with van der Waals surface area (Å²) >= 11 is 0. The second kappa shape index (κ2) is 5.35. The Morgan fingerprint density at radius 3 is 2.67 bits per heavy atom. The van der Waals surface area contributed by atoms with Gasteiger partial charge < -0.3 is 15.4 Å². The quantitative estimate of drug-likeness (QED) is 0.865. The molecule has 1 aromatic heterocycles. The molecule has 0 radical (unpaired) electrons. The van der Waals surface area contributed by atoms with Gasteiger partial charge in [-0.25, -0.2) is 9.97 Å². The van der Waals surface area contributed by atoms with Crippen molar-refractivity contribution >= 4 is 17.3 Å². The first-order valence-corrected chi connectivity index (χ1v) is 5.65. The van der Waals surface area contributed by atoms with Crippen LogP contribution < -0.4 is 15.4 Å². The van der Waals surface area contributed by atoms with Crippen LogP contribution in [-0.4, -0.2) is 24.1 Å². The summed E-state index contributed by atoms with van der Waals surface area (Å²) < 4.78 is 5.18. The number of anilines is 3. The first kappa shape index (κ1) is 12.2. The van der Waals surface area contributed by atoms with E-state index >= 15 is 0 Å². The van der Waals surface area contributed by atoms with Crippen LogP contribution in [0.2, 0.25) is 0 Å². The summed E-state index contributed by atoms with van der Waals surface area (Å²) in [4.78, 5) is 8.38. The summed E-state index contributed by atoms with van der Waals surface area (Å²) in [6.45, 7) is 1.97. The van der Waals surface area contributed by atoms with Crippen LogP contribution >= 0.6 is 0 Å². The molecule has 18 heavy (non-hydrogen) atoms. The van der Waals surface area contributed by atoms with Gasteiger partial charge in [0.1, 0.15) is 23.7 Å². The van der Waals surface area contributed by atoms with Crippen molar-refractivity contribution in [2.24, 2.45) is 0 Å². The molecule has 0 aliphatic rings. The fourth-order valence-electron chi connectivity index (χ4n) is 1.67. The predicted octanol–water partition coefficient (Wildman–Crippen LogP) is 2.58. The normalized spacial score (nSPS) is 9.94. The average molecular weight is 244 g/mol. The predicted molar refractivity (Wildman–Crippen MR) is 72.6 cm³/mol. The van der Waals surface area contributed by atoms with Crippen molar-refractivity contribution in [3.8, 4) is 5.75 Å². The van der Waals surface area contributed by atoms with Gasteiger partial charge in [-0.3, -0.25) is 0 Å². The maximum atomic E-state index is 5.18. The van der Waals surface area contributed by atoms with Crippen molar-refractivity contribution in [1.29, 1.82) is 0 Å². The van der Waals surface area contributed by atoms with Crippen LogP contribution in [0, 0.1) is 6.92 Å². The van der Waals surface area contributed by atoms with E-state index in [-0.39, 0.29) is 0 Å². The highest BCUT2D eigenvalue weighted by Crippen LogP contribution is 2.24. The molecule has 0 bridgehead atoms. The molecule has 0 atom stereocenters. The van der Waals surface area contributed by atoms with Crippen LogP contribution in [-0.2, 0) is 0 Å². The SMILES string of the molecule is CNc1ncnc(Nc2cccc(OC)c2)c1C. The smallest absolute Gasteiger partial charge is 0.138 e. The number of hydrogen-bond acceptors (Lipinski definition) is 5. The molecule has 0 unspecified atom stereocenters. The maximum absolute atomic E-state index is 5.18. The molecule has 2 aromatic rings. The highest BCUT2D eigenvalue weighted by Gasteiger charge is 2.06. The Morgan fingerprint density at radius 1 is 1.17 bits per heavy atom. The van der Waals surface area contributed by atoms with Gasteiger partial charge >= 0.3 is 0 Å². The minimum atomic E-state index is 0.780. The Balaban J connectivity index is 2.28. The Labute approximate surface area is 106 Å². The van der Waals surface area contributed by atoms with Crippen molar-refractivity contribution in [2.45, 2.75) is 6.92 Å². The minimum absolute atomic E-state index is 0.780. The van der Waals surface area contributed by atoms with Gasteiger partial charge in [-0.2, -0.15) is 0 Å². The van der Waals surface area contributed by atoms with Gasteiger partial charge in [-0.1, -0.05) is 6.07 Å². The van der Waals surface area contributed by atoms with E-state index in [1.165, 1.54) is 6.33 Å². The van der Waals surface area contributed by atoms with Crippen LogP contribution in [0.4, 0.5) is 17.3 Å². The molecule has 1 aromatic carbocycles. The molecule has 2 N–H and O–H groups in total. The topological polar surface area (TPSA) is 59.1 Å². The van der Waals surface area contributed by atoms with Crippen LogP contribution in [0.15, 0.2) is 30.6 Å². The average Bonchev–Trinajstić information content (AvgIpc) is 2.41. The summed E-state index contributed by atoms with van der Waals surface area (Å²) in [5, 5.41) is 6.28. The minimum Gasteiger partial charge on any atom is -0.497 e. The van der Waals surface area contributed by atoms with Gasteiger partial charge in [0.25, 0.3) is 0 Å². The van der Waals surface area contributed by atoms with E-state index in [0.717, 1.165) is 28.6 Å². The van der Waals surface area contributed by atoms with Crippen molar-refractivity contribution in [3.05, 3.63) is 36.2 Å². The zero-order chi connectivity index (χ0) is 13.0. The van der Waals surface area contributed by atoms with Crippen molar-refractivity contribution in [1.82, 2.24) is 9.97 Å². The molecule has 0 amide bonds. The standard InChI is InChI=1S/C13H16N4O/c1-9-12(14-2)15-8-16-13(9)17-10-5-4-6-11(7-10)18-3/h4-8H,1-3H3,(H2,14,15,16,17). The largest absolute Gasteiger partial charge is 0.497 e. The molecule has 94 valence electrons. The van der Waals surface area contributed by atoms with E-state index in [0.29, 0.717) is 0 Å². The number of aromatic nitrogens is 2. The highest BCUT2D eigenvalue weighted by atomic mass is 16.5. The number of ether oxygens (including phenoxy) is 1. The van der Waals surface area contributed by atoms with Crippen LogP contribution in [0.3, 0.4) is 0 Å². The fourth-order valence-corrected chi connectivity index (χ4v) is 1.67. The molecular formula is C13H16N4O. The van der Waals surface area contributed by atoms with Gasteiger partial charge in [0, 0.05) is 24.4 Å². The first-order chi connectivity index (χ1) is 8.74. The summed E-state index contributed by atoms with van der Waals surface area (Å²) in [6.07, 6.45) is 1.53. The molecule has 0 saturated carbocycles. The number of rotatable bonds is 4. The monoisotopic (exact) mass is 244 g/mol. The summed E-state index contributed by atoms with van der Waals surface area (Å²) in [6, 6.07) is 7.71. The Kier molecular flexibility index (Phi) is 3.62. The third kappa shape index (κ3) is 2.51. The number of benzene rings is 1.